The Hall–Kier alpha value is -1.84. The highest BCUT2D eigenvalue weighted by atomic mass is 16.5. The maximum absolute atomic E-state index is 8.86. The maximum Gasteiger partial charge on any atom is 0.127 e. The first kappa shape index (κ1) is 16.5. The fourth-order valence-electron chi connectivity index (χ4n) is 2.40. The first-order valence-electron chi connectivity index (χ1n) is 7.88. The summed E-state index contributed by atoms with van der Waals surface area (Å²) in [4.78, 5) is 2.14. The molecule has 0 fully saturated rings. The summed E-state index contributed by atoms with van der Waals surface area (Å²) in [7, 11) is 2.03. The largest absolute Gasteiger partial charge is 0.493 e. The predicted molar refractivity (Wildman–Crippen MR) is 91.2 cm³/mol. The summed E-state index contributed by atoms with van der Waals surface area (Å²) in [6.07, 6.45) is 2.09. The van der Waals surface area contributed by atoms with Gasteiger partial charge in [-0.2, -0.15) is 0 Å². The van der Waals surface area contributed by atoms with Gasteiger partial charge in [0.05, 0.1) is 13.2 Å². The minimum absolute atomic E-state index is 0.220. The van der Waals surface area contributed by atoms with Gasteiger partial charge in [0.2, 0.25) is 0 Å². The molecule has 2 aromatic rings. The average molecular weight is 299 g/mol. The van der Waals surface area contributed by atoms with Gasteiger partial charge in [-0.1, -0.05) is 48.5 Å². The molecule has 3 nitrogen and oxygen atoms in total. The lowest BCUT2D eigenvalue weighted by molar-refractivity contribution is 0.215. The van der Waals surface area contributed by atoms with Crippen molar-refractivity contribution < 1.29 is 9.84 Å². The fraction of sp³-hybridized carbons (Fsp3) is 0.368. The van der Waals surface area contributed by atoms with E-state index in [9.17, 15) is 0 Å². The van der Waals surface area contributed by atoms with Gasteiger partial charge in [-0.3, -0.25) is 0 Å². The summed E-state index contributed by atoms with van der Waals surface area (Å²) < 4.78 is 5.97. The van der Waals surface area contributed by atoms with Gasteiger partial charge < -0.3 is 14.7 Å². The zero-order valence-corrected chi connectivity index (χ0v) is 13.2. The van der Waals surface area contributed by atoms with Crippen molar-refractivity contribution in [2.75, 3.05) is 33.4 Å². The Morgan fingerprint density at radius 3 is 2.41 bits per heavy atom. The summed E-state index contributed by atoms with van der Waals surface area (Å²) in [6.45, 7) is 2.66. The van der Waals surface area contributed by atoms with Gasteiger partial charge in [0.25, 0.3) is 0 Å². The van der Waals surface area contributed by atoms with Crippen molar-refractivity contribution >= 4 is 0 Å². The molecule has 2 aromatic carbocycles. The molecule has 1 N–H and O–H groups in total. The van der Waals surface area contributed by atoms with Crippen molar-refractivity contribution in [2.45, 2.75) is 12.8 Å². The first-order valence-corrected chi connectivity index (χ1v) is 7.88. The number of benzene rings is 2. The molecule has 22 heavy (non-hydrogen) atoms. The second-order valence-corrected chi connectivity index (χ2v) is 5.44. The van der Waals surface area contributed by atoms with Crippen molar-refractivity contribution in [3.05, 3.63) is 54.6 Å². The summed E-state index contributed by atoms with van der Waals surface area (Å²) >= 11 is 0. The van der Waals surface area contributed by atoms with Crippen molar-refractivity contribution in [3.8, 4) is 16.9 Å². The number of hydrogen-bond acceptors (Lipinski definition) is 3. The molecule has 0 radical (unpaired) electrons. The van der Waals surface area contributed by atoms with Crippen LogP contribution in [-0.2, 0) is 0 Å². The molecule has 0 unspecified atom stereocenters. The predicted octanol–water partition coefficient (Wildman–Crippen LogP) is 3.44. The van der Waals surface area contributed by atoms with Crippen molar-refractivity contribution in [3.63, 3.8) is 0 Å². The van der Waals surface area contributed by atoms with Gasteiger partial charge in [-0.15, -0.1) is 0 Å². The molecule has 0 heterocycles. The van der Waals surface area contributed by atoms with Crippen LogP contribution in [-0.4, -0.2) is 43.4 Å². The smallest absolute Gasteiger partial charge is 0.127 e. The molecule has 0 amide bonds. The third kappa shape index (κ3) is 5.17. The fourth-order valence-corrected chi connectivity index (χ4v) is 2.40. The molecule has 0 aromatic heterocycles. The Balaban J connectivity index is 1.84. The van der Waals surface area contributed by atoms with E-state index in [0.29, 0.717) is 0 Å². The Kier molecular flexibility index (Phi) is 6.94. The van der Waals surface area contributed by atoms with Crippen LogP contribution < -0.4 is 4.74 Å². The van der Waals surface area contributed by atoms with Gasteiger partial charge in [-0.05, 0) is 38.1 Å². The van der Waals surface area contributed by atoms with Gasteiger partial charge >= 0.3 is 0 Å². The van der Waals surface area contributed by atoms with Gasteiger partial charge in [0, 0.05) is 12.1 Å². The van der Waals surface area contributed by atoms with Crippen LogP contribution in [0.5, 0.6) is 5.75 Å². The third-order valence-corrected chi connectivity index (χ3v) is 3.65. The first-order chi connectivity index (χ1) is 10.8. The second-order valence-electron chi connectivity index (χ2n) is 5.44. The molecule has 0 saturated heterocycles. The third-order valence-electron chi connectivity index (χ3n) is 3.65. The van der Waals surface area contributed by atoms with Crippen molar-refractivity contribution in [1.82, 2.24) is 4.90 Å². The zero-order chi connectivity index (χ0) is 15.6. The van der Waals surface area contributed by atoms with Crippen LogP contribution in [0.1, 0.15) is 12.8 Å². The second kappa shape index (κ2) is 9.23. The van der Waals surface area contributed by atoms with E-state index in [-0.39, 0.29) is 6.61 Å². The van der Waals surface area contributed by atoms with Crippen molar-refractivity contribution in [1.29, 1.82) is 0 Å². The minimum Gasteiger partial charge on any atom is -0.493 e. The van der Waals surface area contributed by atoms with Crippen molar-refractivity contribution in [2.24, 2.45) is 0 Å². The molecule has 0 bridgehead atoms. The monoisotopic (exact) mass is 299 g/mol. The number of aliphatic hydroxyl groups excluding tert-OH is 1. The molecule has 0 atom stereocenters. The maximum atomic E-state index is 8.86. The van der Waals surface area contributed by atoms with E-state index in [1.807, 2.05) is 43.4 Å². The Bertz CT molecular complexity index is 542. The summed E-state index contributed by atoms with van der Waals surface area (Å²) in [5, 5.41) is 8.86. The number of hydrogen-bond donors (Lipinski definition) is 1. The molecule has 0 aliphatic carbocycles. The standard InChI is InChI=1S/C19H25NO2/c1-20(14-15-21)13-7-8-16-22-19-12-6-5-11-18(19)17-9-3-2-4-10-17/h2-6,9-12,21H,7-8,13-16H2,1H3. The van der Waals surface area contributed by atoms with Crippen LogP contribution in [0.15, 0.2) is 54.6 Å². The normalized spacial score (nSPS) is 10.9. The van der Waals surface area contributed by atoms with E-state index in [4.69, 9.17) is 9.84 Å². The summed E-state index contributed by atoms with van der Waals surface area (Å²) in [5.41, 5.74) is 2.32. The minimum atomic E-state index is 0.220. The SMILES string of the molecule is CN(CCO)CCCCOc1ccccc1-c1ccccc1. The number of unbranched alkanes of at least 4 members (excludes halogenated alkanes) is 1. The quantitative estimate of drug-likeness (QED) is 0.720. The van der Waals surface area contributed by atoms with Crippen LogP contribution in [0.4, 0.5) is 0 Å². The number of ether oxygens (including phenoxy) is 1. The van der Waals surface area contributed by atoms with Gasteiger partial charge in [0.1, 0.15) is 5.75 Å². The van der Waals surface area contributed by atoms with Crippen LogP contribution in [0, 0.1) is 0 Å². The summed E-state index contributed by atoms with van der Waals surface area (Å²) in [5.74, 6) is 0.942. The van der Waals surface area contributed by atoms with Crippen LogP contribution in [0.3, 0.4) is 0 Å². The highest BCUT2D eigenvalue weighted by Gasteiger charge is 2.05. The van der Waals surface area contributed by atoms with E-state index in [1.54, 1.807) is 0 Å². The topological polar surface area (TPSA) is 32.7 Å². The van der Waals surface area contributed by atoms with E-state index in [1.165, 1.54) is 5.56 Å². The lowest BCUT2D eigenvalue weighted by atomic mass is 10.1. The Morgan fingerprint density at radius 1 is 0.909 bits per heavy atom. The molecule has 0 aliphatic heterocycles. The zero-order valence-electron chi connectivity index (χ0n) is 13.2. The van der Waals surface area contributed by atoms with Crippen LogP contribution in [0.2, 0.25) is 0 Å². The molecule has 2 rings (SSSR count). The number of aliphatic hydroxyl groups is 1. The molecular formula is C19H25NO2. The number of rotatable bonds is 9. The Morgan fingerprint density at radius 2 is 1.64 bits per heavy atom. The van der Waals surface area contributed by atoms with E-state index >= 15 is 0 Å². The molecule has 0 saturated carbocycles. The highest BCUT2D eigenvalue weighted by Crippen LogP contribution is 2.29. The number of nitrogens with zero attached hydrogens (tertiary/aromatic N) is 1. The lowest BCUT2D eigenvalue weighted by Gasteiger charge is -2.15. The van der Waals surface area contributed by atoms with E-state index in [0.717, 1.165) is 43.9 Å². The van der Waals surface area contributed by atoms with Crippen LogP contribution in [0.25, 0.3) is 11.1 Å². The average Bonchev–Trinajstić information content (AvgIpc) is 2.56. The summed E-state index contributed by atoms with van der Waals surface area (Å²) in [6, 6.07) is 18.5. The highest BCUT2D eigenvalue weighted by molar-refractivity contribution is 5.70. The van der Waals surface area contributed by atoms with E-state index < -0.39 is 0 Å². The van der Waals surface area contributed by atoms with E-state index in [2.05, 4.69) is 23.1 Å². The van der Waals surface area contributed by atoms with Gasteiger partial charge in [0.15, 0.2) is 0 Å². The molecule has 118 valence electrons. The number of likely N-dealkylation sites (N-methyl/N-ethyl adjacent to an activating group) is 1. The van der Waals surface area contributed by atoms with Gasteiger partial charge in [-0.25, -0.2) is 0 Å². The Labute approximate surface area is 133 Å². The molecule has 0 spiro atoms. The molecular weight excluding hydrogens is 274 g/mol. The molecule has 0 aliphatic rings. The molecule has 3 heteroatoms. The lowest BCUT2D eigenvalue weighted by Crippen LogP contribution is -2.23. The number of para-hydroxylation sites is 1. The van der Waals surface area contributed by atoms with Crippen LogP contribution >= 0.6 is 0 Å².